The second-order valence-electron chi connectivity index (χ2n) is 6.57. The zero-order valence-corrected chi connectivity index (χ0v) is 14.0. The lowest BCUT2D eigenvalue weighted by Crippen LogP contribution is -2.48. The zero-order valence-electron chi connectivity index (χ0n) is 14.0. The van der Waals surface area contributed by atoms with E-state index in [4.69, 9.17) is 0 Å². The summed E-state index contributed by atoms with van der Waals surface area (Å²) in [6, 6.07) is 4.03. The Bertz CT molecular complexity index is 547. The van der Waals surface area contributed by atoms with E-state index in [2.05, 4.69) is 15.5 Å². The molecule has 1 aliphatic heterocycles. The highest BCUT2D eigenvalue weighted by molar-refractivity contribution is 5.92. The monoisotopic (exact) mass is 331 g/mol. The maximum atomic E-state index is 12.4. The lowest BCUT2D eigenvalue weighted by Gasteiger charge is -2.32. The molecular weight excluding hydrogens is 306 g/mol. The van der Waals surface area contributed by atoms with Crippen LogP contribution < -0.4 is 5.32 Å². The predicted molar refractivity (Wildman–Crippen MR) is 90.7 cm³/mol. The quantitative estimate of drug-likeness (QED) is 0.668. The molecule has 1 N–H and O–H groups in total. The third kappa shape index (κ3) is 4.21. The summed E-state index contributed by atoms with van der Waals surface area (Å²) >= 11 is 0. The SMILES string of the molecule is O=CN1CCN(C(=O)c2ccc(NC3CCCCCC3)nn2)CC1. The number of hydrogen-bond acceptors (Lipinski definition) is 5. The predicted octanol–water partition coefficient (Wildman–Crippen LogP) is 1.53. The third-order valence-electron chi connectivity index (χ3n) is 4.84. The van der Waals surface area contributed by atoms with Gasteiger partial charge in [-0.3, -0.25) is 9.59 Å². The summed E-state index contributed by atoms with van der Waals surface area (Å²) in [5.74, 6) is 0.623. The summed E-state index contributed by atoms with van der Waals surface area (Å²) < 4.78 is 0. The van der Waals surface area contributed by atoms with E-state index >= 15 is 0 Å². The maximum absolute atomic E-state index is 12.4. The first-order valence-electron chi connectivity index (χ1n) is 8.85. The molecule has 2 aliphatic rings. The minimum absolute atomic E-state index is 0.117. The Morgan fingerprint density at radius 1 is 1.04 bits per heavy atom. The van der Waals surface area contributed by atoms with Crippen molar-refractivity contribution < 1.29 is 9.59 Å². The highest BCUT2D eigenvalue weighted by atomic mass is 16.2. The normalized spacial score (nSPS) is 19.7. The molecule has 2 amide bonds. The van der Waals surface area contributed by atoms with Crippen LogP contribution in [0.4, 0.5) is 5.82 Å². The first-order valence-corrected chi connectivity index (χ1v) is 8.85. The fraction of sp³-hybridized carbons (Fsp3) is 0.647. The van der Waals surface area contributed by atoms with Crippen molar-refractivity contribution in [1.82, 2.24) is 20.0 Å². The number of rotatable bonds is 4. The molecule has 1 aromatic heterocycles. The lowest BCUT2D eigenvalue weighted by atomic mass is 10.1. The molecule has 1 saturated carbocycles. The number of amides is 2. The number of aromatic nitrogens is 2. The van der Waals surface area contributed by atoms with Crippen LogP contribution in [0.1, 0.15) is 49.0 Å². The van der Waals surface area contributed by atoms with Crippen LogP contribution in [0.5, 0.6) is 0 Å². The fourth-order valence-electron chi connectivity index (χ4n) is 3.35. The molecular formula is C17H25N5O2. The number of carbonyl (C=O) groups is 2. The van der Waals surface area contributed by atoms with Gasteiger partial charge in [0, 0.05) is 32.2 Å². The van der Waals surface area contributed by atoms with Gasteiger partial charge in [0.25, 0.3) is 5.91 Å². The summed E-state index contributed by atoms with van der Waals surface area (Å²) in [6.07, 6.45) is 8.31. The smallest absolute Gasteiger partial charge is 0.274 e. The van der Waals surface area contributed by atoms with Crippen molar-refractivity contribution in [3.8, 4) is 0 Å². The van der Waals surface area contributed by atoms with Crippen LogP contribution in [-0.4, -0.2) is 64.5 Å². The maximum Gasteiger partial charge on any atom is 0.274 e. The van der Waals surface area contributed by atoms with E-state index in [1.54, 1.807) is 15.9 Å². The van der Waals surface area contributed by atoms with Gasteiger partial charge in [-0.25, -0.2) is 0 Å². The number of nitrogens with zero attached hydrogens (tertiary/aromatic N) is 4. The van der Waals surface area contributed by atoms with Gasteiger partial charge in [0.15, 0.2) is 5.69 Å². The summed E-state index contributed by atoms with van der Waals surface area (Å²) in [5.41, 5.74) is 0.362. The first-order chi connectivity index (χ1) is 11.8. The highest BCUT2D eigenvalue weighted by Gasteiger charge is 2.22. The molecule has 1 aromatic rings. The summed E-state index contributed by atoms with van der Waals surface area (Å²) in [4.78, 5) is 26.6. The van der Waals surface area contributed by atoms with E-state index in [1.807, 2.05) is 6.07 Å². The van der Waals surface area contributed by atoms with Gasteiger partial charge in [0.05, 0.1) is 0 Å². The van der Waals surface area contributed by atoms with Gasteiger partial charge in [0.1, 0.15) is 5.82 Å². The van der Waals surface area contributed by atoms with Crippen molar-refractivity contribution >= 4 is 18.1 Å². The van der Waals surface area contributed by atoms with E-state index in [1.165, 1.54) is 38.5 Å². The number of carbonyl (C=O) groups excluding carboxylic acids is 2. The van der Waals surface area contributed by atoms with Crippen LogP contribution in [-0.2, 0) is 4.79 Å². The van der Waals surface area contributed by atoms with Crippen LogP contribution >= 0.6 is 0 Å². The highest BCUT2D eigenvalue weighted by Crippen LogP contribution is 2.20. The second kappa shape index (κ2) is 8.08. The Morgan fingerprint density at radius 3 is 2.33 bits per heavy atom. The molecule has 0 aromatic carbocycles. The number of hydrogen-bond donors (Lipinski definition) is 1. The van der Waals surface area contributed by atoms with Gasteiger partial charge in [-0.1, -0.05) is 25.7 Å². The molecule has 7 heteroatoms. The Morgan fingerprint density at radius 2 is 1.75 bits per heavy atom. The molecule has 0 atom stereocenters. The molecule has 1 saturated heterocycles. The van der Waals surface area contributed by atoms with Crippen LogP contribution in [0.25, 0.3) is 0 Å². The van der Waals surface area contributed by atoms with Crippen LogP contribution in [0, 0.1) is 0 Å². The van der Waals surface area contributed by atoms with Crippen molar-refractivity contribution in [2.24, 2.45) is 0 Å². The minimum Gasteiger partial charge on any atom is -0.366 e. The van der Waals surface area contributed by atoms with Gasteiger partial charge in [-0.2, -0.15) is 0 Å². The lowest BCUT2D eigenvalue weighted by molar-refractivity contribution is -0.119. The van der Waals surface area contributed by atoms with Crippen molar-refractivity contribution in [2.75, 3.05) is 31.5 Å². The van der Waals surface area contributed by atoms with E-state index in [9.17, 15) is 9.59 Å². The standard InChI is InChI=1S/C17H25N5O2/c23-13-21-9-11-22(12-10-21)17(24)15-7-8-16(20-19-15)18-14-5-3-1-2-4-6-14/h7-8,13-14H,1-6,9-12H2,(H,18,20). The minimum atomic E-state index is -0.117. The molecule has 0 bridgehead atoms. The van der Waals surface area contributed by atoms with Crippen LogP contribution in [0.3, 0.4) is 0 Å². The van der Waals surface area contributed by atoms with E-state index in [0.717, 1.165) is 12.2 Å². The second-order valence-corrected chi connectivity index (χ2v) is 6.57. The van der Waals surface area contributed by atoms with Crippen molar-refractivity contribution in [1.29, 1.82) is 0 Å². The van der Waals surface area contributed by atoms with Gasteiger partial charge in [-0.15, -0.1) is 10.2 Å². The summed E-state index contributed by atoms with van der Waals surface area (Å²) in [5, 5.41) is 11.7. The largest absolute Gasteiger partial charge is 0.366 e. The number of anilines is 1. The van der Waals surface area contributed by atoms with Crippen LogP contribution in [0.15, 0.2) is 12.1 Å². The fourth-order valence-corrected chi connectivity index (χ4v) is 3.35. The van der Waals surface area contributed by atoms with Gasteiger partial charge in [-0.05, 0) is 25.0 Å². The topological polar surface area (TPSA) is 78.4 Å². The van der Waals surface area contributed by atoms with Gasteiger partial charge in [0.2, 0.25) is 6.41 Å². The molecule has 1 aliphatic carbocycles. The van der Waals surface area contributed by atoms with E-state index in [0.29, 0.717) is 37.9 Å². The zero-order chi connectivity index (χ0) is 16.8. The average molecular weight is 331 g/mol. The van der Waals surface area contributed by atoms with Gasteiger partial charge < -0.3 is 15.1 Å². The molecule has 0 spiro atoms. The summed E-state index contributed by atoms with van der Waals surface area (Å²) in [6.45, 7) is 2.23. The Labute approximate surface area is 142 Å². The molecule has 24 heavy (non-hydrogen) atoms. The summed E-state index contributed by atoms with van der Waals surface area (Å²) in [7, 11) is 0. The third-order valence-corrected chi connectivity index (χ3v) is 4.84. The van der Waals surface area contributed by atoms with Gasteiger partial charge >= 0.3 is 0 Å². The molecule has 3 rings (SSSR count). The van der Waals surface area contributed by atoms with E-state index < -0.39 is 0 Å². The Kier molecular flexibility index (Phi) is 5.61. The van der Waals surface area contributed by atoms with Crippen LogP contribution in [0.2, 0.25) is 0 Å². The van der Waals surface area contributed by atoms with E-state index in [-0.39, 0.29) is 5.91 Å². The number of nitrogens with one attached hydrogen (secondary N) is 1. The molecule has 0 unspecified atom stereocenters. The van der Waals surface area contributed by atoms with Crippen molar-refractivity contribution in [2.45, 2.75) is 44.6 Å². The Balaban J connectivity index is 1.55. The average Bonchev–Trinajstić information content (AvgIpc) is 2.90. The Hall–Kier alpha value is -2.18. The first kappa shape index (κ1) is 16.7. The molecule has 2 fully saturated rings. The molecule has 0 radical (unpaired) electrons. The molecule has 2 heterocycles. The number of piperazine rings is 1. The molecule has 7 nitrogen and oxygen atoms in total. The van der Waals surface area contributed by atoms with Crippen molar-refractivity contribution in [3.05, 3.63) is 17.8 Å². The van der Waals surface area contributed by atoms with Crippen molar-refractivity contribution in [3.63, 3.8) is 0 Å². The molecule has 130 valence electrons.